The molecule has 1 N–H and O–H groups in total. The van der Waals surface area contributed by atoms with E-state index in [2.05, 4.69) is 10.3 Å². The van der Waals surface area contributed by atoms with Crippen molar-refractivity contribution in [3.05, 3.63) is 113 Å². The summed E-state index contributed by atoms with van der Waals surface area (Å²) >= 11 is 5.96. The topological polar surface area (TPSA) is 88.6 Å². The number of benzene rings is 3. The van der Waals surface area contributed by atoms with Crippen LogP contribution in [-0.2, 0) is 21.2 Å². The lowest BCUT2D eigenvalue weighted by molar-refractivity contribution is -0.114. The number of rotatable bonds is 10. The molecule has 7 nitrogen and oxygen atoms in total. The van der Waals surface area contributed by atoms with Gasteiger partial charge < -0.3 is 10.1 Å². The van der Waals surface area contributed by atoms with Crippen molar-refractivity contribution in [3.8, 4) is 5.75 Å². The third-order valence-electron chi connectivity index (χ3n) is 5.52. The van der Waals surface area contributed by atoms with Gasteiger partial charge in [0.05, 0.1) is 17.2 Å². The maximum absolute atomic E-state index is 13.6. The number of carbonyl (C=O) groups is 1. The Labute approximate surface area is 221 Å². The Hall–Kier alpha value is -3.88. The van der Waals surface area contributed by atoms with Crippen LogP contribution >= 0.6 is 11.6 Å². The smallest absolute Gasteiger partial charge is 0.264 e. The average molecular weight is 536 g/mol. The van der Waals surface area contributed by atoms with Crippen LogP contribution in [0.5, 0.6) is 5.75 Å². The number of nitrogens with one attached hydrogen (secondary N) is 1. The zero-order chi connectivity index (χ0) is 26.3. The van der Waals surface area contributed by atoms with Crippen LogP contribution in [0.4, 0.5) is 11.4 Å². The number of hydrogen-bond acceptors (Lipinski definition) is 5. The Bertz CT molecular complexity index is 1450. The summed E-state index contributed by atoms with van der Waals surface area (Å²) in [5.74, 6) is -0.137. The average Bonchev–Trinajstić information content (AvgIpc) is 2.90. The number of halogens is 1. The number of aromatic nitrogens is 1. The van der Waals surface area contributed by atoms with Crippen LogP contribution in [0.2, 0.25) is 5.02 Å². The van der Waals surface area contributed by atoms with Crippen LogP contribution in [0.3, 0.4) is 0 Å². The highest BCUT2D eigenvalue weighted by Gasteiger charge is 2.29. The standard InChI is InChI=1S/C28H26ClN3O4S/c1-2-36-27-6-4-3-5-26(27)32(37(34,35)25-13-9-23(29)10-14-25)20-28(33)31-24-11-7-21(8-12-24)19-22-15-17-30-18-16-22/h3-18H,2,19-20H2,1H3,(H,31,33). The predicted molar refractivity (Wildman–Crippen MR) is 146 cm³/mol. The molecule has 1 amide bonds. The zero-order valence-corrected chi connectivity index (χ0v) is 21.7. The van der Waals surface area contributed by atoms with Crippen molar-refractivity contribution in [2.24, 2.45) is 0 Å². The molecule has 0 spiro atoms. The van der Waals surface area contributed by atoms with Crippen LogP contribution in [0.15, 0.2) is 102 Å². The summed E-state index contributed by atoms with van der Waals surface area (Å²) in [5.41, 5.74) is 3.03. The minimum Gasteiger partial charge on any atom is -0.492 e. The molecule has 37 heavy (non-hydrogen) atoms. The summed E-state index contributed by atoms with van der Waals surface area (Å²) in [6.45, 7) is 1.69. The molecule has 1 aromatic heterocycles. The minimum atomic E-state index is -4.11. The number of pyridine rings is 1. The number of nitrogens with zero attached hydrogens (tertiary/aromatic N) is 2. The fourth-order valence-corrected chi connectivity index (χ4v) is 5.30. The van der Waals surface area contributed by atoms with Crippen molar-refractivity contribution < 1.29 is 17.9 Å². The van der Waals surface area contributed by atoms with Gasteiger partial charge in [-0.25, -0.2) is 8.42 Å². The van der Waals surface area contributed by atoms with Gasteiger partial charge in [0.2, 0.25) is 5.91 Å². The van der Waals surface area contributed by atoms with E-state index < -0.39 is 22.5 Å². The summed E-state index contributed by atoms with van der Waals surface area (Å²) in [7, 11) is -4.11. The molecule has 190 valence electrons. The fraction of sp³-hybridized carbons (Fsp3) is 0.143. The van der Waals surface area contributed by atoms with Crippen molar-refractivity contribution >= 4 is 38.9 Å². The molecule has 3 aromatic carbocycles. The molecule has 9 heteroatoms. The van der Waals surface area contributed by atoms with Crippen molar-refractivity contribution in [1.82, 2.24) is 4.98 Å². The summed E-state index contributed by atoms with van der Waals surface area (Å²) in [5, 5.41) is 3.21. The Morgan fingerprint density at radius 2 is 1.57 bits per heavy atom. The van der Waals surface area contributed by atoms with Crippen LogP contribution < -0.4 is 14.4 Å². The Balaban J connectivity index is 1.57. The lowest BCUT2D eigenvalue weighted by atomic mass is 10.1. The van der Waals surface area contributed by atoms with Crippen molar-refractivity contribution in [1.29, 1.82) is 0 Å². The Morgan fingerprint density at radius 3 is 2.24 bits per heavy atom. The summed E-state index contributed by atoms with van der Waals surface area (Å²) in [6, 6.07) is 23.9. The Kier molecular flexibility index (Phi) is 8.43. The SMILES string of the molecule is CCOc1ccccc1N(CC(=O)Nc1ccc(Cc2ccncc2)cc1)S(=O)(=O)c1ccc(Cl)cc1. The highest BCUT2D eigenvalue weighted by Crippen LogP contribution is 2.33. The van der Waals surface area contributed by atoms with Gasteiger partial charge in [0.25, 0.3) is 10.0 Å². The maximum atomic E-state index is 13.6. The van der Waals surface area contributed by atoms with Gasteiger partial charge in [-0.2, -0.15) is 0 Å². The summed E-state index contributed by atoms with van der Waals surface area (Å²) in [4.78, 5) is 17.1. The first-order valence-electron chi connectivity index (χ1n) is 11.6. The van der Waals surface area contributed by atoms with Gasteiger partial charge in [0, 0.05) is 23.1 Å². The molecule has 0 fully saturated rings. The molecular formula is C28H26ClN3O4S. The van der Waals surface area contributed by atoms with Gasteiger partial charge in [-0.05, 0) is 85.1 Å². The van der Waals surface area contributed by atoms with E-state index in [4.69, 9.17) is 16.3 Å². The second kappa shape index (κ2) is 11.9. The summed E-state index contributed by atoms with van der Waals surface area (Å²) < 4.78 is 34.0. The lowest BCUT2D eigenvalue weighted by Gasteiger charge is -2.26. The zero-order valence-electron chi connectivity index (χ0n) is 20.2. The first-order chi connectivity index (χ1) is 17.9. The molecule has 0 saturated carbocycles. The minimum absolute atomic E-state index is 0.0106. The first-order valence-corrected chi connectivity index (χ1v) is 13.5. The number of sulfonamides is 1. The van der Waals surface area contributed by atoms with E-state index in [1.165, 1.54) is 24.3 Å². The lowest BCUT2D eigenvalue weighted by Crippen LogP contribution is -2.38. The molecule has 0 radical (unpaired) electrons. The number of hydrogen-bond donors (Lipinski definition) is 1. The monoisotopic (exact) mass is 535 g/mol. The van der Waals surface area contributed by atoms with E-state index in [-0.39, 0.29) is 10.6 Å². The third-order valence-corrected chi connectivity index (χ3v) is 7.54. The van der Waals surface area contributed by atoms with E-state index in [1.54, 1.807) is 55.7 Å². The molecular weight excluding hydrogens is 510 g/mol. The molecule has 0 aliphatic rings. The Morgan fingerprint density at radius 1 is 0.919 bits per heavy atom. The molecule has 0 aliphatic carbocycles. The number of para-hydroxylation sites is 2. The summed E-state index contributed by atoms with van der Waals surface area (Å²) in [6.07, 6.45) is 4.23. The second-order valence-corrected chi connectivity index (χ2v) is 10.4. The largest absolute Gasteiger partial charge is 0.492 e. The molecule has 0 unspecified atom stereocenters. The highest BCUT2D eigenvalue weighted by molar-refractivity contribution is 7.92. The number of ether oxygens (including phenoxy) is 1. The molecule has 0 aliphatic heterocycles. The number of amides is 1. The van der Waals surface area contributed by atoms with Gasteiger partial charge in [0.1, 0.15) is 12.3 Å². The van der Waals surface area contributed by atoms with E-state index in [9.17, 15) is 13.2 Å². The highest BCUT2D eigenvalue weighted by atomic mass is 35.5. The van der Waals surface area contributed by atoms with E-state index >= 15 is 0 Å². The van der Waals surface area contributed by atoms with Crippen LogP contribution in [0, 0.1) is 0 Å². The van der Waals surface area contributed by atoms with Crippen LogP contribution in [0.1, 0.15) is 18.1 Å². The van der Waals surface area contributed by atoms with E-state index in [0.717, 1.165) is 21.9 Å². The van der Waals surface area contributed by atoms with Gasteiger partial charge in [-0.3, -0.25) is 14.1 Å². The van der Waals surface area contributed by atoms with Crippen LogP contribution in [-0.4, -0.2) is 32.5 Å². The molecule has 4 aromatic rings. The molecule has 4 rings (SSSR count). The molecule has 0 bridgehead atoms. The molecule has 0 saturated heterocycles. The van der Waals surface area contributed by atoms with E-state index in [1.807, 2.05) is 24.3 Å². The predicted octanol–water partition coefficient (Wildman–Crippen LogP) is 5.56. The number of anilines is 2. The molecule has 0 atom stereocenters. The van der Waals surface area contributed by atoms with Gasteiger partial charge in [0.15, 0.2) is 0 Å². The van der Waals surface area contributed by atoms with Gasteiger partial charge >= 0.3 is 0 Å². The third kappa shape index (κ3) is 6.67. The second-order valence-electron chi connectivity index (χ2n) is 8.14. The normalized spacial score (nSPS) is 11.1. The first kappa shape index (κ1) is 26.2. The van der Waals surface area contributed by atoms with Crippen molar-refractivity contribution in [2.45, 2.75) is 18.2 Å². The van der Waals surface area contributed by atoms with Gasteiger partial charge in [-0.1, -0.05) is 35.9 Å². The quantitative estimate of drug-likeness (QED) is 0.287. The molecule has 1 heterocycles. The number of carbonyl (C=O) groups excluding carboxylic acids is 1. The van der Waals surface area contributed by atoms with Gasteiger partial charge in [-0.15, -0.1) is 0 Å². The maximum Gasteiger partial charge on any atom is 0.264 e. The van der Waals surface area contributed by atoms with Crippen molar-refractivity contribution in [2.75, 3.05) is 22.8 Å². The van der Waals surface area contributed by atoms with E-state index in [0.29, 0.717) is 23.1 Å². The fourth-order valence-electron chi connectivity index (χ4n) is 3.75. The van der Waals surface area contributed by atoms with Crippen LogP contribution in [0.25, 0.3) is 0 Å². The van der Waals surface area contributed by atoms with Crippen molar-refractivity contribution in [3.63, 3.8) is 0 Å².